The van der Waals surface area contributed by atoms with E-state index in [1.165, 1.54) is 23.4 Å². The number of hydrogen-bond donors (Lipinski definition) is 3. The van der Waals surface area contributed by atoms with E-state index in [0.29, 0.717) is 36.9 Å². The molecule has 10 heteroatoms. The van der Waals surface area contributed by atoms with Gasteiger partial charge in [-0.2, -0.15) is 0 Å². The molecular weight excluding hydrogens is 586 g/mol. The van der Waals surface area contributed by atoms with Crippen LogP contribution in [-0.4, -0.2) is 80.6 Å². The zero-order valence-corrected chi connectivity index (χ0v) is 25.3. The summed E-state index contributed by atoms with van der Waals surface area (Å²) in [5.41, 5.74) is 3.60. The molecule has 3 N–H and O–H groups in total. The summed E-state index contributed by atoms with van der Waals surface area (Å²) in [6.07, 6.45) is 1.52. The van der Waals surface area contributed by atoms with Crippen LogP contribution in [0.15, 0.2) is 114 Å². The maximum Gasteiger partial charge on any atom is 0.338 e. The molecular formula is C35H33N5O4S. The summed E-state index contributed by atoms with van der Waals surface area (Å²) in [5, 5.41) is 13.7. The second-order valence-corrected chi connectivity index (χ2v) is 11.9. The number of aromatic carboxylic acids is 1. The molecule has 2 amide bonds. The predicted octanol–water partition coefficient (Wildman–Crippen LogP) is 5.09. The lowest BCUT2D eigenvalue weighted by molar-refractivity contribution is -0.134. The molecule has 1 atom stereocenters. The number of hydrogen-bond acceptors (Lipinski definition) is 6. The highest BCUT2D eigenvalue weighted by Gasteiger charge is 2.32. The van der Waals surface area contributed by atoms with E-state index in [9.17, 15) is 19.5 Å². The number of piperazine rings is 1. The normalized spacial score (nSPS) is 14.4. The number of carbonyl (C=O) groups is 3. The molecule has 0 spiro atoms. The minimum absolute atomic E-state index is 0.0521. The van der Waals surface area contributed by atoms with Crippen molar-refractivity contribution >= 4 is 40.4 Å². The van der Waals surface area contributed by atoms with Crippen molar-refractivity contribution in [1.82, 2.24) is 25.1 Å². The van der Waals surface area contributed by atoms with Gasteiger partial charge in [0.05, 0.1) is 11.6 Å². The third-order valence-electron chi connectivity index (χ3n) is 7.99. The number of para-hydroxylation sites is 1. The summed E-state index contributed by atoms with van der Waals surface area (Å²) >= 11 is 1.14. The third kappa shape index (κ3) is 6.92. The fraction of sp³-hybridized carbons (Fsp3) is 0.200. The maximum atomic E-state index is 14.0. The van der Waals surface area contributed by atoms with Crippen LogP contribution < -0.4 is 5.32 Å². The quantitative estimate of drug-likeness (QED) is 0.187. The second-order valence-electron chi connectivity index (χ2n) is 10.9. The van der Waals surface area contributed by atoms with Crippen LogP contribution in [0.2, 0.25) is 0 Å². The minimum Gasteiger partial charge on any atom is -0.478 e. The number of thioether (sulfide) groups is 1. The number of carboxylic acid groups (broad SMARTS) is 1. The number of pyridine rings is 1. The first kappa shape index (κ1) is 30.1. The number of carbonyl (C=O) groups excluding carboxylic acids is 2. The largest absolute Gasteiger partial charge is 0.478 e. The summed E-state index contributed by atoms with van der Waals surface area (Å²) in [4.78, 5) is 50.7. The predicted molar refractivity (Wildman–Crippen MR) is 174 cm³/mol. The molecule has 6 rings (SSSR count). The number of nitrogens with zero attached hydrogens (tertiary/aromatic N) is 3. The number of benzene rings is 3. The van der Waals surface area contributed by atoms with Crippen LogP contribution in [0, 0.1) is 0 Å². The SMILES string of the molecule is O=C(NC(CSc1ncccc1C(=O)O)C(=O)N1CCN(C(c2ccccc2)c2ccccc2)CC1)c1cc2ccccc2[nH]1. The van der Waals surface area contributed by atoms with Crippen molar-refractivity contribution in [2.24, 2.45) is 0 Å². The highest BCUT2D eigenvalue weighted by molar-refractivity contribution is 7.99. The minimum atomic E-state index is -1.10. The summed E-state index contributed by atoms with van der Waals surface area (Å²) < 4.78 is 0. The molecule has 0 saturated carbocycles. The van der Waals surface area contributed by atoms with E-state index in [2.05, 4.69) is 44.5 Å². The summed E-state index contributed by atoms with van der Waals surface area (Å²) in [7, 11) is 0. The number of rotatable bonds is 10. The average molecular weight is 620 g/mol. The number of aromatic nitrogens is 2. The van der Waals surface area contributed by atoms with Crippen LogP contribution in [0.5, 0.6) is 0 Å². The molecule has 1 unspecified atom stereocenters. The van der Waals surface area contributed by atoms with Crippen molar-refractivity contribution in [2.75, 3.05) is 31.9 Å². The smallest absolute Gasteiger partial charge is 0.338 e. The number of aromatic amines is 1. The number of nitrogens with one attached hydrogen (secondary N) is 2. The van der Waals surface area contributed by atoms with Crippen molar-refractivity contribution in [3.05, 3.63) is 132 Å². The molecule has 1 saturated heterocycles. The van der Waals surface area contributed by atoms with Crippen molar-refractivity contribution in [3.8, 4) is 0 Å². The highest BCUT2D eigenvalue weighted by Crippen LogP contribution is 2.30. The first-order valence-corrected chi connectivity index (χ1v) is 15.8. The Balaban J connectivity index is 1.20. The highest BCUT2D eigenvalue weighted by atomic mass is 32.2. The molecule has 1 aliphatic rings. The molecule has 3 heterocycles. The Bertz CT molecular complexity index is 1720. The summed E-state index contributed by atoms with van der Waals surface area (Å²) in [5.74, 6) is -1.59. The van der Waals surface area contributed by atoms with Crippen LogP contribution in [0.3, 0.4) is 0 Å². The first-order valence-electron chi connectivity index (χ1n) is 14.8. The topological polar surface area (TPSA) is 119 Å². The Kier molecular flexibility index (Phi) is 9.23. The Labute approximate surface area is 265 Å². The summed E-state index contributed by atoms with van der Waals surface area (Å²) in [6.45, 7) is 2.28. The number of amides is 2. The van der Waals surface area contributed by atoms with Crippen LogP contribution in [0.1, 0.15) is 38.0 Å². The lowest BCUT2D eigenvalue weighted by Gasteiger charge is -2.40. The third-order valence-corrected chi connectivity index (χ3v) is 9.09. The summed E-state index contributed by atoms with van der Waals surface area (Å²) in [6, 6.07) is 32.2. The van der Waals surface area contributed by atoms with Crippen molar-refractivity contribution in [1.29, 1.82) is 0 Å². The van der Waals surface area contributed by atoms with E-state index < -0.39 is 17.9 Å². The molecule has 0 radical (unpaired) electrons. The molecule has 1 aliphatic heterocycles. The van der Waals surface area contributed by atoms with Gasteiger partial charge in [0.2, 0.25) is 5.91 Å². The van der Waals surface area contributed by atoms with E-state index in [-0.39, 0.29) is 23.3 Å². The molecule has 228 valence electrons. The number of fused-ring (bicyclic) bond motifs is 1. The van der Waals surface area contributed by atoms with E-state index in [4.69, 9.17) is 0 Å². The van der Waals surface area contributed by atoms with Crippen LogP contribution in [0.4, 0.5) is 0 Å². The lowest BCUT2D eigenvalue weighted by Crippen LogP contribution is -2.56. The Hall–Kier alpha value is -4.93. The van der Waals surface area contributed by atoms with Gasteiger partial charge in [-0.25, -0.2) is 9.78 Å². The zero-order chi connectivity index (χ0) is 31.2. The Morgan fingerprint density at radius 2 is 1.49 bits per heavy atom. The number of carboxylic acids is 1. The Morgan fingerprint density at radius 1 is 0.844 bits per heavy atom. The first-order chi connectivity index (χ1) is 22.0. The van der Waals surface area contributed by atoms with Gasteiger partial charge in [-0.05, 0) is 35.4 Å². The van der Waals surface area contributed by atoms with Gasteiger partial charge in [-0.15, -0.1) is 11.8 Å². The van der Waals surface area contributed by atoms with Gasteiger partial charge in [-0.3, -0.25) is 14.5 Å². The van der Waals surface area contributed by atoms with Crippen molar-refractivity contribution in [3.63, 3.8) is 0 Å². The second kappa shape index (κ2) is 13.8. The lowest BCUT2D eigenvalue weighted by atomic mass is 9.96. The van der Waals surface area contributed by atoms with Crippen LogP contribution in [-0.2, 0) is 4.79 Å². The van der Waals surface area contributed by atoms with Crippen molar-refractivity contribution < 1.29 is 19.5 Å². The maximum absolute atomic E-state index is 14.0. The Morgan fingerprint density at radius 3 is 2.13 bits per heavy atom. The molecule has 3 aromatic carbocycles. The molecule has 1 fully saturated rings. The monoisotopic (exact) mass is 619 g/mol. The number of H-pyrrole nitrogens is 1. The zero-order valence-electron chi connectivity index (χ0n) is 24.5. The van der Waals surface area contributed by atoms with E-state index in [1.807, 2.05) is 60.7 Å². The van der Waals surface area contributed by atoms with Gasteiger partial charge in [0.15, 0.2) is 0 Å². The molecule has 0 aliphatic carbocycles. The fourth-order valence-electron chi connectivity index (χ4n) is 5.74. The van der Waals surface area contributed by atoms with Gasteiger partial charge >= 0.3 is 5.97 Å². The molecule has 5 aromatic rings. The molecule has 45 heavy (non-hydrogen) atoms. The van der Waals surface area contributed by atoms with Gasteiger partial charge in [0, 0.05) is 49.0 Å². The van der Waals surface area contributed by atoms with E-state index in [1.54, 1.807) is 17.0 Å². The van der Waals surface area contributed by atoms with Gasteiger partial charge in [0.1, 0.15) is 16.8 Å². The molecule has 0 bridgehead atoms. The molecule has 9 nitrogen and oxygen atoms in total. The van der Waals surface area contributed by atoms with Crippen LogP contribution >= 0.6 is 11.8 Å². The van der Waals surface area contributed by atoms with E-state index >= 15 is 0 Å². The fourth-order valence-corrected chi connectivity index (χ4v) is 6.74. The average Bonchev–Trinajstić information content (AvgIpc) is 3.53. The molecule has 2 aromatic heterocycles. The van der Waals surface area contributed by atoms with E-state index in [0.717, 1.165) is 22.7 Å². The standard InChI is InChI=1S/C35H33N5O4S/c41-32(29-22-26-14-7-8-16-28(26)37-29)38-30(23-45-33-27(35(43)44)15-9-17-36-33)34(42)40-20-18-39(19-21-40)31(24-10-3-1-4-11-24)25-12-5-2-6-13-25/h1-17,22,30-31,37H,18-21,23H2,(H,38,41)(H,43,44). The van der Waals surface area contributed by atoms with Crippen LogP contribution in [0.25, 0.3) is 10.9 Å². The van der Waals surface area contributed by atoms with Crippen molar-refractivity contribution in [2.45, 2.75) is 17.1 Å². The van der Waals surface area contributed by atoms with Gasteiger partial charge in [-0.1, -0.05) is 78.9 Å². The van der Waals surface area contributed by atoms with Gasteiger partial charge in [0.25, 0.3) is 5.91 Å². The van der Waals surface area contributed by atoms with Gasteiger partial charge < -0.3 is 20.3 Å².